The van der Waals surface area contributed by atoms with Crippen molar-refractivity contribution in [3.63, 3.8) is 0 Å². The molecule has 1 amide bonds. The number of amides is 1. The van der Waals surface area contributed by atoms with Gasteiger partial charge in [-0.1, -0.05) is 6.07 Å². The average Bonchev–Trinajstić information content (AvgIpc) is 3.09. The number of piperidine rings is 1. The van der Waals surface area contributed by atoms with Gasteiger partial charge in [-0.05, 0) is 62.4 Å². The second kappa shape index (κ2) is 7.85. The fourth-order valence-corrected chi connectivity index (χ4v) is 5.19. The van der Waals surface area contributed by atoms with Crippen molar-refractivity contribution < 1.29 is 13.2 Å². The zero-order valence-corrected chi connectivity index (χ0v) is 15.6. The number of fused-ring (bicyclic) bond motifs is 1. The number of sulfonamides is 1. The molecule has 7 heteroatoms. The summed E-state index contributed by atoms with van der Waals surface area (Å²) in [5.74, 6) is -0.0619. The molecule has 0 unspecified atom stereocenters. The van der Waals surface area contributed by atoms with E-state index in [1.807, 2.05) is 19.2 Å². The van der Waals surface area contributed by atoms with Gasteiger partial charge >= 0.3 is 0 Å². The number of nitrogens with one attached hydrogen (secondary N) is 2. The minimum Gasteiger partial charge on any atom is -0.355 e. The molecule has 1 aliphatic heterocycles. The van der Waals surface area contributed by atoms with Gasteiger partial charge < -0.3 is 10.6 Å². The molecule has 1 fully saturated rings. The fourth-order valence-electron chi connectivity index (χ4n) is 3.67. The number of carbonyl (C=O) groups excluding carboxylic acids is 1. The third-order valence-electron chi connectivity index (χ3n) is 5.21. The second-order valence-electron chi connectivity index (χ2n) is 6.86. The molecule has 138 valence electrons. The van der Waals surface area contributed by atoms with Crippen molar-refractivity contribution in [2.24, 2.45) is 5.92 Å². The molecule has 1 aromatic rings. The van der Waals surface area contributed by atoms with Gasteiger partial charge in [0.2, 0.25) is 15.9 Å². The molecule has 0 aromatic heterocycles. The third-order valence-corrected chi connectivity index (χ3v) is 7.10. The normalized spacial score (nSPS) is 18.9. The van der Waals surface area contributed by atoms with Crippen LogP contribution in [0.4, 0.5) is 0 Å². The lowest BCUT2D eigenvalue weighted by Crippen LogP contribution is -2.43. The van der Waals surface area contributed by atoms with E-state index < -0.39 is 10.0 Å². The van der Waals surface area contributed by atoms with Crippen LogP contribution in [0, 0.1) is 5.92 Å². The van der Waals surface area contributed by atoms with Crippen LogP contribution >= 0.6 is 0 Å². The van der Waals surface area contributed by atoms with E-state index in [1.54, 1.807) is 6.07 Å². The van der Waals surface area contributed by atoms with E-state index in [2.05, 4.69) is 10.6 Å². The van der Waals surface area contributed by atoms with Crippen LogP contribution in [0.1, 0.15) is 30.4 Å². The predicted octanol–water partition coefficient (Wildman–Crippen LogP) is 0.912. The van der Waals surface area contributed by atoms with Gasteiger partial charge in [0.15, 0.2) is 0 Å². The number of nitrogens with zero attached hydrogens (tertiary/aromatic N) is 1. The van der Waals surface area contributed by atoms with Gasteiger partial charge in [0.05, 0.1) is 4.90 Å². The zero-order chi connectivity index (χ0) is 17.9. The lowest BCUT2D eigenvalue weighted by molar-refractivity contribution is -0.126. The number of hydrogen-bond acceptors (Lipinski definition) is 4. The lowest BCUT2D eigenvalue weighted by atomic mass is 9.97. The van der Waals surface area contributed by atoms with Crippen molar-refractivity contribution in [1.29, 1.82) is 0 Å². The van der Waals surface area contributed by atoms with Gasteiger partial charge in [-0.3, -0.25) is 4.79 Å². The van der Waals surface area contributed by atoms with E-state index in [0.717, 1.165) is 25.8 Å². The van der Waals surface area contributed by atoms with Crippen LogP contribution in [0.25, 0.3) is 0 Å². The van der Waals surface area contributed by atoms with E-state index in [1.165, 1.54) is 15.4 Å². The SMILES string of the molecule is CNCCNC(=O)C1CCN(S(=O)(=O)c2ccc3c(c2)CCC3)CC1. The van der Waals surface area contributed by atoms with E-state index >= 15 is 0 Å². The van der Waals surface area contributed by atoms with Gasteiger partial charge in [0.25, 0.3) is 0 Å². The summed E-state index contributed by atoms with van der Waals surface area (Å²) in [4.78, 5) is 12.5. The molecule has 6 nitrogen and oxygen atoms in total. The molecule has 0 atom stereocenters. The first kappa shape index (κ1) is 18.4. The van der Waals surface area contributed by atoms with Crippen molar-refractivity contribution in [1.82, 2.24) is 14.9 Å². The summed E-state index contributed by atoms with van der Waals surface area (Å²) < 4.78 is 27.3. The van der Waals surface area contributed by atoms with Crippen molar-refractivity contribution in [3.05, 3.63) is 29.3 Å². The van der Waals surface area contributed by atoms with Crippen LogP contribution in [-0.2, 0) is 27.7 Å². The Hall–Kier alpha value is -1.44. The quantitative estimate of drug-likeness (QED) is 0.735. The Kier molecular flexibility index (Phi) is 5.76. The summed E-state index contributed by atoms with van der Waals surface area (Å²) >= 11 is 0. The third kappa shape index (κ3) is 4.04. The molecule has 1 aromatic carbocycles. The van der Waals surface area contributed by atoms with Crippen LogP contribution < -0.4 is 10.6 Å². The van der Waals surface area contributed by atoms with E-state index in [-0.39, 0.29) is 11.8 Å². The molecule has 0 radical (unpaired) electrons. The highest BCUT2D eigenvalue weighted by atomic mass is 32.2. The van der Waals surface area contributed by atoms with Crippen molar-refractivity contribution in [3.8, 4) is 0 Å². The van der Waals surface area contributed by atoms with Gasteiger partial charge in [-0.25, -0.2) is 8.42 Å². The first-order valence-electron chi connectivity index (χ1n) is 9.06. The highest BCUT2D eigenvalue weighted by Gasteiger charge is 2.32. The topological polar surface area (TPSA) is 78.5 Å². The van der Waals surface area contributed by atoms with Crippen LogP contribution in [0.2, 0.25) is 0 Å². The van der Waals surface area contributed by atoms with Crippen LogP contribution in [0.15, 0.2) is 23.1 Å². The Balaban J connectivity index is 1.61. The average molecular weight is 365 g/mol. The van der Waals surface area contributed by atoms with E-state index in [9.17, 15) is 13.2 Å². The first-order valence-corrected chi connectivity index (χ1v) is 10.5. The molecular formula is C18H27N3O3S. The summed E-state index contributed by atoms with van der Waals surface area (Å²) in [7, 11) is -1.62. The molecule has 0 saturated carbocycles. The first-order chi connectivity index (χ1) is 12.0. The lowest BCUT2D eigenvalue weighted by Gasteiger charge is -2.30. The summed E-state index contributed by atoms with van der Waals surface area (Å²) in [6, 6.07) is 5.53. The molecule has 1 saturated heterocycles. The maximum absolute atomic E-state index is 12.9. The Morgan fingerprint density at radius 3 is 2.60 bits per heavy atom. The molecule has 25 heavy (non-hydrogen) atoms. The number of hydrogen-bond donors (Lipinski definition) is 2. The standard InChI is InChI=1S/C18H27N3O3S/c1-19-9-10-20-18(22)15-7-11-21(12-8-15)25(23,24)17-6-5-14-3-2-4-16(14)13-17/h5-6,13,15,19H,2-4,7-12H2,1H3,(H,20,22). The molecular weight excluding hydrogens is 338 g/mol. The zero-order valence-electron chi connectivity index (χ0n) is 14.8. The molecule has 2 aliphatic rings. The van der Waals surface area contributed by atoms with E-state index in [0.29, 0.717) is 37.4 Å². The Labute approximate surface area is 150 Å². The van der Waals surface area contributed by atoms with Gasteiger partial charge in [-0.15, -0.1) is 0 Å². The molecule has 3 rings (SSSR count). The monoisotopic (exact) mass is 365 g/mol. The number of likely N-dealkylation sites (N-methyl/N-ethyl adjacent to an activating group) is 1. The Morgan fingerprint density at radius 2 is 1.88 bits per heavy atom. The number of rotatable bonds is 6. The maximum atomic E-state index is 12.9. The minimum absolute atomic E-state index is 0.0322. The second-order valence-corrected chi connectivity index (χ2v) is 8.79. The number of aryl methyl sites for hydroxylation is 2. The van der Waals surface area contributed by atoms with Crippen molar-refractivity contribution in [2.45, 2.75) is 37.0 Å². The van der Waals surface area contributed by atoms with Crippen molar-refractivity contribution >= 4 is 15.9 Å². The molecule has 0 spiro atoms. The molecule has 0 bridgehead atoms. The van der Waals surface area contributed by atoms with Crippen LogP contribution in [0.5, 0.6) is 0 Å². The minimum atomic E-state index is -3.46. The summed E-state index contributed by atoms with van der Waals surface area (Å²) in [6.45, 7) is 2.15. The highest BCUT2D eigenvalue weighted by Crippen LogP contribution is 2.28. The fraction of sp³-hybridized carbons (Fsp3) is 0.611. The van der Waals surface area contributed by atoms with Crippen molar-refractivity contribution in [2.75, 3.05) is 33.2 Å². The predicted molar refractivity (Wildman–Crippen MR) is 96.9 cm³/mol. The van der Waals surface area contributed by atoms with Crippen LogP contribution in [0.3, 0.4) is 0 Å². The molecule has 1 aliphatic carbocycles. The highest BCUT2D eigenvalue weighted by molar-refractivity contribution is 7.89. The maximum Gasteiger partial charge on any atom is 0.243 e. The summed E-state index contributed by atoms with van der Waals surface area (Å²) in [5, 5.41) is 5.88. The largest absolute Gasteiger partial charge is 0.355 e. The summed E-state index contributed by atoms with van der Waals surface area (Å²) in [6.07, 6.45) is 4.27. The molecule has 2 N–H and O–H groups in total. The van der Waals surface area contributed by atoms with Gasteiger partial charge in [-0.2, -0.15) is 4.31 Å². The molecule has 1 heterocycles. The Bertz CT molecular complexity index is 725. The number of carbonyl (C=O) groups is 1. The van der Waals surface area contributed by atoms with Gasteiger partial charge in [0.1, 0.15) is 0 Å². The summed E-state index contributed by atoms with van der Waals surface area (Å²) in [5.41, 5.74) is 2.44. The van der Waals surface area contributed by atoms with E-state index in [4.69, 9.17) is 0 Å². The smallest absolute Gasteiger partial charge is 0.243 e. The Morgan fingerprint density at radius 1 is 1.16 bits per heavy atom. The number of benzene rings is 1. The van der Waals surface area contributed by atoms with Crippen LogP contribution in [-0.4, -0.2) is 51.9 Å². The van der Waals surface area contributed by atoms with Gasteiger partial charge in [0, 0.05) is 32.1 Å².